The molecule has 0 fully saturated rings. The standard InChI is InChI=1S/C8H6Br2S2/c1-3-6-7(12-8(3)10)5(9)4(2)11-6/h1-2H3. The third kappa shape index (κ3) is 1.20. The largest absolute Gasteiger partial charge is 0.138 e. The predicted octanol–water partition coefficient (Wildman–Crippen LogP) is 5.10. The Labute approximate surface area is 95.9 Å². The van der Waals surface area contributed by atoms with Crippen LogP contribution in [0.5, 0.6) is 0 Å². The first-order valence-electron chi connectivity index (χ1n) is 3.44. The Kier molecular flexibility index (Phi) is 2.36. The van der Waals surface area contributed by atoms with Crippen molar-refractivity contribution in [1.82, 2.24) is 0 Å². The van der Waals surface area contributed by atoms with Crippen LogP contribution in [0.1, 0.15) is 10.4 Å². The van der Waals surface area contributed by atoms with Gasteiger partial charge in [-0.3, -0.25) is 0 Å². The zero-order valence-electron chi connectivity index (χ0n) is 6.57. The molecule has 0 bridgehead atoms. The van der Waals surface area contributed by atoms with Gasteiger partial charge in [-0.15, -0.1) is 22.7 Å². The summed E-state index contributed by atoms with van der Waals surface area (Å²) in [6, 6.07) is 0. The lowest BCUT2D eigenvalue weighted by atomic mass is 10.3. The Morgan fingerprint density at radius 3 is 2.25 bits per heavy atom. The molecular formula is C8H6Br2S2. The lowest BCUT2D eigenvalue weighted by molar-refractivity contribution is 1.59. The van der Waals surface area contributed by atoms with Crippen LogP contribution < -0.4 is 0 Å². The zero-order valence-corrected chi connectivity index (χ0v) is 11.4. The molecule has 2 rings (SSSR count). The fourth-order valence-electron chi connectivity index (χ4n) is 1.10. The van der Waals surface area contributed by atoms with E-state index in [0.29, 0.717) is 0 Å². The van der Waals surface area contributed by atoms with Crippen molar-refractivity contribution >= 4 is 63.9 Å². The number of hydrogen-bond donors (Lipinski definition) is 0. The molecule has 0 aliphatic heterocycles. The van der Waals surface area contributed by atoms with Crippen LogP contribution in [0.15, 0.2) is 8.26 Å². The minimum Gasteiger partial charge on any atom is -0.138 e. The molecule has 0 amide bonds. The van der Waals surface area contributed by atoms with E-state index in [2.05, 4.69) is 45.7 Å². The van der Waals surface area contributed by atoms with E-state index in [-0.39, 0.29) is 0 Å². The van der Waals surface area contributed by atoms with Crippen molar-refractivity contribution in [1.29, 1.82) is 0 Å². The third-order valence-electron chi connectivity index (χ3n) is 1.80. The highest BCUT2D eigenvalue weighted by Crippen LogP contribution is 2.45. The monoisotopic (exact) mass is 324 g/mol. The summed E-state index contributed by atoms with van der Waals surface area (Å²) in [6.07, 6.45) is 0. The molecule has 0 unspecified atom stereocenters. The van der Waals surface area contributed by atoms with Gasteiger partial charge in [-0.05, 0) is 51.3 Å². The summed E-state index contributed by atoms with van der Waals surface area (Å²) >= 11 is 10.8. The molecule has 0 aliphatic rings. The molecule has 12 heavy (non-hydrogen) atoms. The van der Waals surface area contributed by atoms with Gasteiger partial charge in [-0.2, -0.15) is 0 Å². The van der Waals surface area contributed by atoms with Crippen LogP contribution in [0.3, 0.4) is 0 Å². The van der Waals surface area contributed by atoms with Crippen molar-refractivity contribution in [3.05, 3.63) is 18.7 Å². The molecular weight excluding hydrogens is 320 g/mol. The summed E-state index contributed by atoms with van der Waals surface area (Å²) in [5.74, 6) is 0. The second kappa shape index (κ2) is 3.08. The molecule has 0 atom stereocenters. The van der Waals surface area contributed by atoms with Crippen LogP contribution in [0.25, 0.3) is 9.40 Å². The summed E-state index contributed by atoms with van der Waals surface area (Å²) < 4.78 is 5.31. The van der Waals surface area contributed by atoms with Crippen molar-refractivity contribution in [3.8, 4) is 0 Å². The first-order valence-corrected chi connectivity index (χ1v) is 6.66. The van der Waals surface area contributed by atoms with Gasteiger partial charge < -0.3 is 0 Å². The minimum absolute atomic E-state index is 1.25. The maximum absolute atomic E-state index is 3.60. The van der Waals surface area contributed by atoms with E-state index in [1.54, 1.807) is 11.3 Å². The van der Waals surface area contributed by atoms with E-state index in [9.17, 15) is 0 Å². The van der Waals surface area contributed by atoms with Gasteiger partial charge >= 0.3 is 0 Å². The van der Waals surface area contributed by atoms with E-state index >= 15 is 0 Å². The number of hydrogen-bond acceptors (Lipinski definition) is 2. The van der Waals surface area contributed by atoms with Crippen LogP contribution in [-0.4, -0.2) is 0 Å². The van der Waals surface area contributed by atoms with Crippen LogP contribution >= 0.6 is 54.5 Å². The van der Waals surface area contributed by atoms with Crippen molar-refractivity contribution in [2.24, 2.45) is 0 Å². The SMILES string of the molecule is Cc1sc2c(C)c(Br)sc2c1Br. The summed E-state index contributed by atoms with van der Waals surface area (Å²) in [6.45, 7) is 4.31. The summed E-state index contributed by atoms with van der Waals surface area (Å²) in [5, 5.41) is 0. The Hall–Kier alpha value is 0.620. The Morgan fingerprint density at radius 2 is 1.67 bits per heavy atom. The first-order chi connectivity index (χ1) is 5.61. The number of thiophene rings is 2. The van der Waals surface area contributed by atoms with Crippen LogP contribution in [0.4, 0.5) is 0 Å². The quantitative estimate of drug-likeness (QED) is 0.631. The van der Waals surface area contributed by atoms with E-state index < -0.39 is 0 Å². The summed E-state index contributed by atoms with van der Waals surface area (Å²) in [4.78, 5) is 1.37. The number of fused-ring (bicyclic) bond motifs is 1. The summed E-state index contributed by atoms with van der Waals surface area (Å²) in [5.41, 5.74) is 1.37. The number of aryl methyl sites for hydroxylation is 2. The second-order valence-corrected chi connectivity index (χ2v) is 6.99. The fourth-order valence-corrected chi connectivity index (χ4v) is 4.98. The minimum atomic E-state index is 1.25. The molecule has 2 aromatic rings. The molecule has 0 spiro atoms. The van der Waals surface area contributed by atoms with E-state index in [1.807, 2.05) is 11.3 Å². The van der Waals surface area contributed by atoms with Gasteiger partial charge in [0.1, 0.15) is 0 Å². The first kappa shape index (κ1) is 9.19. The Balaban J connectivity index is 2.93. The molecule has 0 nitrogen and oxygen atoms in total. The normalized spacial score (nSPS) is 11.3. The maximum Gasteiger partial charge on any atom is 0.0749 e. The van der Waals surface area contributed by atoms with E-state index in [4.69, 9.17) is 0 Å². The van der Waals surface area contributed by atoms with Crippen molar-refractivity contribution < 1.29 is 0 Å². The molecule has 0 aromatic carbocycles. The van der Waals surface area contributed by atoms with Crippen LogP contribution in [0, 0.1) is 13.8 Å². The van der Waals surface area contributed by atoms with Gasteiger partial charge in [0.2, 0.25) is 0 Å². The lowest BCUT2D eigenvalue weighted by Crippen LogP contribution is -1.59. The maximum atomic E-state index is 3.60. The van der Waals surface area contributed by atoms with E-state index in [1.165, 1.54) is 28.1 Å². The average molecular weight is 326 g/mol. The lowest BCUT2D eigenvalue weighted by Gasteiger charge is -1.85. The topological polar surface area (TPSA) is 0 Å². The average Bonchev–Trinajstić information content (AvgIpc) is 2.43. The smallest absolute Gasteiger partial charge is 0.0749 e. The fraction of sp³-hybridized carbons (Fsp3) is 0.250. The Morgan fingerprint density at radius 1 is 1.00 bits per heavy atom. The molecule has 4 heteroatoms. The van der Waals surface area contributed by atoms with Gasteiger partial charge in [0.05, 0.1) is 13.2 Å². The van der Waals surface area contributed by atoms with Crippen molar-refractivity contribution in [3.63, 3.8) is 0 Å². The van der Waals surface area contributed by atoms with Gasteiger partial charge in [0, 0.05) is 9.35 Å². The molecule has 64 valence electrons. The molecule has 0 saturated carbocycles. The molecule has 0 saturated heterocycles. The van der Waals surface area contributed by atoms with Gasteiger partial charge in [-0.1, -0.05) is 0 Å². The van der Waals surface area contributed by atoms with Gasteiger partial charge in [-0.25, -0.2) is 0 Å². The van der Waals surface area contributed by atoms with Gasteiger partial charge in [0.25, 0.3) is 0 Å². The molecule has 2 aromatic heterocycles. The molecule has 2 heterocycles. The molecule has 0 aliphatic carbocycles. The van der Waals surface area contributed by atoms with Gasteiger partial charge in [0.15, 0.2) is 0 Å². The number of halogens is 2. The highest BCUT2D eigenvalue weighted by Gasteiger charge is 2.13. The number of rotatable bonds is 0. The molecule has 0 radical (unpaired) electrons. The predicted molar refractivity (Wildman–Crippen MR) is 64.6 cm³/mol. The van der Waals surface area contributed by atoms with E-state index in [0.717, 1.165) is 0 Å². The summed E-state index contributed by atoms with van der Waals surface area (Å²) in [7, 11) is 0. The highest BCUT2D eigenvalue weighted by molar-refractivity contribution is 9.11. The van der Waals surface area contributed by atoms with Crippen LogP contribution in [-0.2, 0) is 0 Å². The van der Waals surface area contributed by atoms with Crippen molar-refractivity contribution in [2.75, 3.05) is 0 Å². The Bertz CT molecular complexity index is 397. The third-order valence-corrected chi connectivity index (χ3v) is 6.85. The second-order valence-electron chi connectivity index (χ2n) is 2.63. The van der Waals surface area contributed by atoms with Crippen molar-refractivity contribution in [2.45, 2.75) is 13.8 Å². The highest BCUT2D eigenvalue weighted by atomic mass is 79.9. The molecule has 0 N–H and O–H groups in total. The zero-order chi connectivity index (χ0) is 8.88. The van der Waals surface area contributed by atoms with Crippen LogP contribution in [0.2, 0.25) is 0 Å².